The van der Waals surface area contributed by atoms with Gasteiger partial charge in [0.1, 0.15) is 5.75 Å². The van der Waals surface area contributed by atoms with Crippen LogP contribution in [0.3, 0.4) is 0 Å². The van der Waals surface area contributed by atoms with Gasteiger partial charge in [0.15, 0.2) is 6.61 Å². The van der Waals surface area contributed by atoms with E-state index in [1.807, 2.05) is 38.1 Å². The summed E-state index contributed by atoms with van der Waals surface area (Å²) in [7, 11) is 0. The predicted molar refractivity (Wildman–Crippen MR) is 89.4 cm³/mol. The van der Waals surface area contributed by atoms with Gasteiger partial charge in [-0.15, -0.1) is 0 Å². The Labute approximate surface area is 138 Å². The van der Waals surface area contributed by atoms with E-state index < -0.39 is 0 Å². The lowest BCUT2D eigenvalue weighted by Gasteiger charge is -2.26. The molecular weight excluding hydrogens is 294 g/mol. The Kier molecular flexibility index (Phi) is 8.16. The van der Waals surface area contributed by atoms with E-state index in [9.17, 15) is 9.59 Å². The van der Waals surface area contributed by atoms with Crippen LogP contribution in [0, 0.1) is 0 Å². The van der Waals surface area contributed by atoms with Gasteiger partial charge in [-0.1, -0.05) is 19.1 Å². The van der Waals surface area contributed by atoms with Gasteiger partial charge in [0.2, 0.25) is 0 Å². The molecule has 0 heterocycles. The summed E-state index contributed by atoms with van der Waals surface area (Å²) >= 11 is 0. The third kappa shape index (κ3) is 6.72. The van der Waals surface area contributed by atoms with Crippen LogP contribution in [0.2, 0.25) is 0 Å². The number of hydrogen-bond acceptors (Lipinski definition) is 4. The standard InChI is InChI=1S/C18H27NO4/c1-5-15-7-9-16(10-8-15)23-13-17(20)19(14(3)4)12-11-18(21)22-6-2/h7-10,14H,5-6,11-13H2,1-4H3. The molecule has 128 valence electrons. The molecule has 0 saturated heterocycles. The molecule has 0 aliphatic heterocycles. The first kappa shape index (κ1) is 19.0. The largest absolute Gasteiger partial charge is 0.484 e. The summed E-state index contributed by atoms with van der Waals surface area (Å²) in [6.07, 6.45) is 1.16. The molecule has 1 amide bonds. The minimum absolute atomic E-state index is 0.00277. The van der Waals surface area contributed by atoms with E-state index >= 15 is 0 Å². The van der Waals surface area contributed by atoms with Crippen LogP contribution in [0.1, 0.15) is 39.7 Å². The zero-order valence-corrected chi connectivity index (χ0v) is 14.5. The van der Waals surface area contributed by atoms with Gasteiger partial charge < -0.3 is 14.4 Å². The van der Waals surface area contributed by atoms with Crippen molar-refractivity contribution in [2.75, 3.05) is 19.8 Å². The zero-order chi connectivity index (χ0) is 17.2. The lowest BCUT2D eigenvalue weighted by atomic mass is 10.2. The third-order valence-electron chi connectivity index (χ3n) is 3.50. The van der Waals surface area contributed by atoms with Crippen LogP contribution in [-0.4, -0.2) is 42.6 Å². The molecule has 0 aliphatic rings. The Bertz CT molecular complexity index is 496. The number of benzene rings is 1. The van der Waals surface area contributed by atoms with Crippen molar-refractivity contribution in [1.29, 1.82) is 0 Å². The van der Waals surface area contributed by atoms with Crippen LogP contribution in [0.25, 0.3) is 0 Å². The van der Waals surface area contributed by atoms with E-state index in [4.69, 9.17) is 9.47 Å². The van der Waals surface area contributed by atoms with Crippen LogP contribution in [0.4, 0.5) is 0 Å². The Morgan fingerprint density at radius 2 is 1.78 bits per heavy atom. The first-order valence-electron chi connectivity index (χ1n) is 8.14. The second-order valence-electron chi connectivity index (χ2n) is 5.52. The number of aryl methyl sites for hydroxylation is 1. The second kappa shape index (κ2) is 9.87. The third-order valence-corrected chi connectivity index (χ3v) is 3.50. The Balaban J connectivity index is 2.51. The van der Waals surface area contributed by atoms with E-state index in [1.54, 1.807) is 11.8 Å². The minimum Gasteiger partial charge on any atom is -0.484 e. The van der Waals surface area contributed by atoms with Gasteiger partial charge in [-0.3, -0.25) is 9.59 Å². The lowest BCUT2D eigenvalue weighted by molar-refractivity contribution is -0.144. The summed E-state index contributed by atoms with van der Waals surface area (Å²) in [5.41, 5.74) is 1.22. The van der Waals surface area contributed by atoms with E-state index in [0.717, 1.165) is 6.42 Å². The van der Waals surface area contributed by atoms with Crippen molar-refractivity contribution >= 4 is 11.9 Å². The minimum atomic E-state index is -0.290. The molecule has 0 spiro atoms. The molecule has 0 unspecified atom stereocenters. The van der Waals surface area contributed by atoms with Crippen LogP contribution >= 0.6 is 0 Å². The number of carbonyl (C=O) groups excluding carboxylic acids is 2. The summed E-state index contributed by atoms with van der Waals surface area (Å²) in [4.78, 5) is 25.4. The van der Waals surface area contributed by atoms with Gasteiger partial charge in [0.05, 0.1) is 13.0 Å². The van der Waals surface area contributed by atoms with Crippen LogP contribution in [0.15, 0.2) is 24.3 Å². The van der Waals surface area contributed by atoms with Gasteiger partial charge in [0, 0.05) is 12.6 Å². The smallest absolute Gasteiger partial charge is 0.307 e. The Hall–Kier alpha value is -2.04. The van der Waals surface area contributed by atoms with Gasteiger partial charge >= 0.3 is 5.97 Å². The predicted octanol–water partition coefficient (Wildman–Crippen LogP) is 2.82. The van der Waals surface area contributed by atoms with E-state index in [2.05, 4.69) is 6.92 Å². The van der Waals surface area contributed by atoms with Gasteiger partial charge in [-0.25, -0.2) is 0 Å². The molecule has 0 bridgehead atoms. The van der Waals surface area contributed by atoms with Crippen molar-refractivity contribution in [2.24, 2.45) is 0 Å². The van der Waals surface area contributed by atoms with Gasteiger partial charge in [-0.05, 0) is 44.9 Å². The summed E-state index contributed by atoms with van der Waals surface area (Å²) in [5.74, 6) is 0.246. The van der Waals surface area contributed by atoms with Crippen molar-refractivity contribution in [3.05, 3.63) is 29.8 Å². The first-order chi connectivity index (χ1) is 11.0. The van der Waals surface area contributed by atoms with Gasteiger partial charge in [0.25, 0.3) is 5.91 Å². The summed E-state index contributed by atoms with van der Waals surface area (Å²) in [6, 6.07) is 7.71. The van der Waals surface area contributed by atoms with E-state index in [-0.39, 0.29) is 30.9 Å². The maximum absolute atomic E-state index is 12.3. The van der Waals surface area contributed by atoms with E-state index in [0.29, 0.717) is 18.9 Å². The molecule has 0 aliphatic carbocycles. The SMILES string of the molecule is CCOC(=O)CCN(C(=O)COc1ccc(CC)cc1)C(C)C. The Morgan fingerprint density at radius 1 is 1.13 bits per heavy atom. The lowest BCUT2D eigenvalue weighted by Crippen LogP contribution is -2.41. The van der Waals surface area contributed by atoms with Crippen molar-refractivity contribution in [3.63, 3.8) is 0 Å². The van der Waals surface area contributed by atoms with E-state index in [1.165, 1.54) is 5.56 Å². The highest BCUT2D eigenvalue weighted by atomic mass is 16.5. The molecule has 0 N–H and O–H groups in total. The number of esters is 1. The van der Waals surface area contributed by atoms with Crippen LogP contribution in [-0.2, 0) is 20.7 Å². The normalized spacial score (nSPS) is 10.5. The molecule has 0 atom stereocenters. The number of carbonyl (C=O) groups is 2. The highest BCUT2D eigenvalue weighted by Crippen LogP contribution is 2.13. The first-order valence-corrected chi connectivity index (χ1v) is 8.14. The number of hydrogen-bond donors (Lipinski definition) is 0. The second-order valence-corrected chi connectivity index (χ2v) is 5.52. The Morgan fingerprint density at radius 3 is 2.30 bits per heavy atom. The highest BCUT2D eigenvalue weighted by Gasteiger charge is 2.19. The molecule has 0 aromatic heterocycles. The van der Waals surface area contributed by atoms with Gasteiger partial charge in [-0.2, -0.15) is 0 Å². The summed E-state index contributed by atoms with van der Waals surface area (Å²) in [6.45, 7) is 8.34. The quantitative estimate of drug-likeness (QED) is 0.656. The molecule has 0 radical (unpaired) electrons. The fourth-order valence-corrected chi connectivity index (χ4v) is 2.17. The van der Waals surface area contributed by atoms with Crippen molar-refractivity contribution in [3.8, 4) is 5.75 Å². The zero-order valence-electron chi connectivity index (χ0n) is 14.5. The molecule has 5 heteroatoms. The van der Waals surface area contributed by atoms with Crippen molar-refractivity contribution in [2.45, 2.75) is 46.6 Å². The maximum Gasteiger partial charge on any atom is 0.307 e. The summed E-state index contributed by atoms with van der Waals surface area (Å²) < 4.78 is 10.4. The molecule has 1 aromatic carbocycles. The number of amides is 1. The average Bonchev–Trinajstić information content (AvgIpc) is 2.53. The summed E-state index contributed by atoms with van der Waals surface area (Å²) in [5, 5.41) is 0. The van der Waals surface area contributed by atoms with Crippen molar-refractivity contribution < 1.29 is 19.1 Å². The number of nitrogens with zero attached hydrogens (tertiary/aromatic N) is 1. The topological polar surface area (TPSA) is 55.8 Å². The fourth-order valence-electron chi connectivity index (χ4n) is 2.17. The fraction of sp³-hybridized carbons (Fsp3) is 0.556. The van der Waals surface area contributed by atoms with Crippen molar-refractivity contribution in [1.82, 2.24) is 4.90 Å². The van der Waals surface area contributed by atoms with Crippen LogP contribution < -0.4 is 4.74 Å². The molecular formula is C18H27NO4. The van der Waals surface area contributed by atoms with Crippen LogP contribution in [0.5, 0.6) is 5.75 Å². The number of ether oxygens (including phenoxy) is 2. The number of rotatable bonds is 9. The molecule has 23 heavy (non-hydrogen) atoms. The molecule has 1 rings (SSSR count). The molecule has 5 nitrogen and oxygen atoms in total. The average molecular weight is 321 g/mol. The monoisotopic (exact) mass is 321 g/mol. The molecule has 0 fully saturated rings. The highest BCUT2D eigenvalue weighted by molar-refractivity contribution is 5.79. The maximum atomic E-state index is 12.3. The molecule has 0 saturated carbocycles. The molecule has 1 aromatic rings.